The summed E-state index contributed by atoms with van der Waals surface area (Å²) in [5.41, 5.74) is -0.346. The summed E-state index contributed by atoms with van der Waals surface area (Å²) >= 11 is 0. The van der Waals surface area contributed by atoms with E-state index in [9.17, 15) is 9.59 Å². The van der Waals surface area contributed by atoms with Crippen LogP contribution in [-0.4, -0.2) is 25.2 Å². The van der Waals surface area contributed by atoms with E-state index in [1.807, 2.05) is 13.8 Å². The maximum atomic E-state index is 12.0. The van der Waals surface area contributed by atoms with Crippen LogP contribution in [0.4, 0.5) is 0 Å². The summed E-state index contributed by atoms with van der Waals surface area (Å²) in [6, 6.07) is 0. The van der Waals surface area contributed by atoms with Gasteiger partial charge in [-0.1, -0.05) is 143 Å². The molecule has 0 N–H and O–H groups in total. The van der Waals surface area contributed by atoms with Gasteiger partial charge in [0.1, 0.15) is 0 Å². The van der Waals surface area contributed by atoms with Gasteiger partial charge in [-0.05, 0) is 12.8 Å². The fourth-order valence-corrected chi connectivity index (χ4v) is 4.25. The van der Waals surface area contributed by atoms with E-state index in [1.54, 1.807) is 0 Å². The second kappa shape index (κ2) is 24.6. The number of esters is 2. The molecular weight excluding hydrogens is 436 g/mol. The Kier molecular flexibility index (Phi) is 23.9. The van der Waals surface area contributed by atoms with E-state index in [-0.39, 0.29) is 17.4 Å². The quantitative estimate of drug-likeness (QED) is 0.0883. The molecule has 0 aromatic rings. The van der Waals surface area contributed by atoms with E-state index < -0.39 is 0 Å². The summed E-state index contributed by atoms with van der Waals surface area (Å²) in [6.07, 6.45) is 26.1. The number of hydrogen-bond acceptors (Lipinski definition) is 4. The van der Waals surface area contributed by atoms with E-state index in [2.05, 4.69) is 13.8 Å². The van der Waals surface area contributed by atoms with Crippen molar-refractivity contribution in [2.45, 2.75) is 169 Å². The van der Waals surface area contributed by atoms with Gasteiger partial charge in [0.05, 0.1) is 13.2 Å². The van der Waals surface area contributed by atoms with E-state index in [0.717, 1.165) is 25.7 Å². The Labute approximate surface area is 218 Å². The van der Waals surface area contributed by atoms with Crippen LogP contribution in [0.15, 0.2) is 0 Å². The minimum absolute atomic E-state index is 0.130. The predicted octanol–water partition coefficient (Wildman–Crippen LogP) is 9.72. The van der Waals surface area contributed by atoms with Crippen LogP contribution in [0.3, 0.4) is 0 Å². The van der Waals surface area contributed by atoms with Crippen LogP contribution in [0.2, 0.25) is 0 Å². The average molecular weight is 497 g/mol. The number of carbonyl (C=O) groups is 2. The molecule has 0 atom stereocenters. The topological polar surface area (TPSA) is 52.6 Å². The highest BCUT2D eigenvalue weighted by Gasteiger charge is 2.22. The van der Waals surface area contributed by atoms with Crippen LogP contribution in [-0.2, 0) is 19.1 Å². The van der Waals surface area contributed by atoms with Crippen molar-refractivity contribution in [3.63, 3.8) is 0 Å². The minimum atomic E-state index is -0.346. The summed E-state index contributed by atoms with van der Waals surface area (Å²) in [6.45, 7) is 9.07. The summed E-state index contributed by atoms with van der Waals surface area (Å²) in [5.74, 6) is -0.260. The van der Waals surface area contributed by atoms with Gasteiger partial charge in [-0.2, -0.15) is 0 Å². The molecule has 4 nitrogen and oxygen atoms in total. The lowest BCUT2D eigenvalue weighted by atomic mass is 9.96. The molecule has 0 aliphatic carbocycles. The van der Waals surface area contributed by atoms with Crippen molar-refractivity contribution in [3.8, 4) is 0 Å². The van der Waals surface area contributed by atoms with Gasteiger partial charge >= 0.3 is 11.9 Å². The molecule has 0 aromatic heterocycles. The Balaban J connectivity index is 3.59. The van der Waals surface area contributed by atoms with E-state index in [4.69, 9.17) is 9.47 Å². The van der Waals surface area contributed by atoms with Crippen LogP contribution >= 0.6 is 0 Å². The van der Waals surface area contributed by atoms with Crippen molar-refractivity contribution >= 4 is 11.9 Å². The van der Waals surface area contributed by atoms with Gasteiger partial charge in [0.2, 0.25) is 0 Å². The fraction of sp³-hybridized carbons (Fsp3) is 0.935. The van der Waals surface area contributed by atoms with Crippen molar-refractivity contribution < 1.29 is 19.1 Å². The molecule has 0 fully saturated rings. The molecule has 0 saturated heterocycles. The first kappa shape index (κ1) is 33.9. The Morgan fingerprint density at radius 3 is 1.00 bits per heavy atom. The molecule has 0 radical (unpaired) electrons. The van der Waals surface area contributed by atoms with Crippen molar-refractivity contribution in [3.05, 3.63) is 0 Å². The standard InChI is InChI=1S/C31H60O4/c1-5-7-9-11-13-15-17-19-21-23-25-29(32)34-27-31(3,4)28-35-30(33)26-24-22-20-18-16-14-12-10-8-6-2/h5-28H2,1-4H3. The lowest BCUT2D eigenvalue weighted by molar-refractivity contribution is -0.152. The Morgan fingerprint density at radius 1 is 0.457 bits per heavy atom. The zero-order valence-corrected chi connectivity index (χ0v) is 24.1. The lowest BCUT2D eigenvalue weighted by Crippen LogP contribution is -2.28. The monoisotopic (exact) mass is 496 g/mol. The van der Waals surface area contributed by atoms with Crippen LogP contribution in [0.25, 0.3) is 0 Å². The highest BCUT2D eigenvalue weighted by Crippen LogP contribution is 2.18. The molecule has 0 aliphatic heterocycles. The summed E-state index contributed by atoms with van der Waals surface area (Å²) in [4.78, 5) is 24.1. The molecule has 0 aromatic carbocycles. The normalized spacial score (nSPS) is 11.5. The molecule has 0 aliphatic rings. The van der Waals surface area contributed by atoms with Crippen LogP contribution in [0.5, 0.6) is 0 Å². The first-order chi connectivity index (χ1) is 16.9. The lowest BCUT2D eigenvalue weighted by Gasteiger charge is -2.23. The molecule has 0 saturated carbocycles. The van der Waals surface area contributed by atoms with Crippen LogP contribution < -0.4 is 0 Å². The molecule has 0 unspecified atom stereocenters. The number of carbonyl (C=O) groups excluding carboxylic acids is 2. The molecule has 0 bridgehead atoms. The summed E-state index contributed by atoms with van der Waals surface area (Å²) in [5, 5.41) is 0. The van der Waals surface area contributed by atoms with Crippen LogP contribution in [0.1, 0.15) is 169 Å². The Morgan fingerprint density at radius 2 is 0.714 bits per heavy atom. The average Bonchev–Trinajstić information content (AvgIpc) is 2.84. The van der Waals surface area contributed by atoms with E-state index in [0.29, 0.717) is 26.1 Å². The first-order valence-corrected chi connectivity index (χ1v) is 15.2. The van der Waals surface area contributed by atoms with Gasteiger partial charge in [0.15, 0.2) is 0 Å². The van der Waals surface area contributed by atoms with Crippen molar-refractivity contribution in [2.75, 3.05) is 13.2 Å². The van der Waals surface area contributed by atoms with Gasteiger partial charge in [0.25, 0.3) is 0 Å². The van der Waals surface area contributed by atoms with Gasteiger partial charge in [-0.3, -0.25) is 9.59 Å². The SMILES string of the molecule is CCCCCCCCCCCCC(=O)OCC(C)(C)COC(=O)CCCCCCCCCCCC. The zero-order valence-electron chi connectivity index (χ0n) is 24.1. The van der Waals surface area contributed by atoms with Crippen molar-refractivity contribution in [1.29, 1.82) is 0 Å². The van der Waals surface area contributed by atoms with E-state index in [1.165, 1.54) is 103 Å². The van der Waals surface area contributed by atoms with Gasteiger partial charge in [0, 0.05) is 18.3 Å². The largest absolute Gasteiger partial charge is 0.465 e. The Hall–Kier alpha value is -1.06. The molecular formula is C31H60O4. The van der Waals surface area contributed by atoms with Gasteiger partial charge in [-0.15, -0.1) is 0 Å². The third kappa shape index (κ3) is 25.8. The molecule has 4 heteroatoms. The van der Waals surface area contributed by atoms with Crippen molar-refractivity contribution in [1.82, 2.24) is 0 Å². The Bertz CT molecular complexity index is 444. The highest BCUT2D eigenvalue weighted by atomic mass is 16.5. The molecule has 208 valence electrons. The van der Waals surface area contributed by atoms with Crippen LogP contribution in [0, 0.1) is 5.41 Å². The summed E-state index contributed by atoms with van der Waals surface area (Å²) in [7, 11) is 0. The van der Waals surface area contributed by atoms with Gasteiger partial charge < -0.3 is 9.47 Å². The highest BCUT2D eigenvalue weighted by molar-refractivity contribution is 5.69. The number of ether oxygens (including phenoxy) is 2. The third-order valence-electron chi connectivity index (χ3n) is 6.72. The van der Waals surface area contributed by atoms with E-state index >= 15 is 0 Å². The summed E-state index contributed by atoms with van der Waals surface area (Å²) < 4.78 is 10.9. The smallest absolute Gasteiger partial charge is 0.305 e. The molecule has 35 heavy (non-hydrogen) atoms. The molecule has 0 spiro atoms. The number of unbranched alkanes of at least 4 members (excludes halogenated alkanes) is 18. The minimum Gasteiger partial charge on any atom is -0.465 e. The first-order valence-electron chi connectivity index (χ1n) is 15.2. The number of hydrogen-bond donors (Lipinski definition) is 0. The molecule has 0 heterocycles. The predicted molar refractivity (Wildman–Crippen MR) is 149 cm³/mol. The number of rotatable bonds is 26. The second-order valence-corrected chi connectivity index (χ2v) is 11.3. The second-order valence-electron chi connectivity index (χ2n) is 11.3. The maximum Gasteiger partial charge on any atom is 0.305 e. The molecule has 0 amide bonds. The zero-order chi connectivity index (χ0) is 26.0. The maximum absolute atomic E-state index is 12.0. The fourth-order valence-electron chi connectivity index (χ4n) is 4.25. The van der Waals surface area contributed by atoms with Crippen molar-refractivity contribution in [2.24, 2.45) is 5.41 Å². The van der Waals surface area contributed by atoms with Gasteiger partial charge in [-0.25, -0.2) is 0 Å². The molecule has 0 rings (SSSR count). The third-order valence-corrected chi connectivity index (χ3v) is 6.72.